The van der Waals surface area contributed by atoms with Crippen molar-refractivity contribution in [2.24, 2.45) is 0 Å². The first-order chi connectivity index (χ1) is 13.1. The van der Waals surface area contributed by atoms with Gasteiger partial charge in [0.1, 0.15) is 0 Å². The Labute approximate surface area is 154 Å². The molecular weight excluding hydrogens is 390 g/mol. The van der Waals surface area contributed by atoms with Crippen LogP contribution in [0.2, 0.25) is 0 Å². The maximum absolute atomic E-state index is 13.8. The van der Waals surface area contributed by atoms with Gasteiger partial charge in [-0.15, -0.1) is 0 Å². The van der Waals surface area contributed by atoms with Crippen LogP contribution in [0.4, 0.5) is 26.3 Å². The molecular formula is C18H12F6N2O2. The van der Waals surface area contributed by atoms with Crippen LogP contribution in [0.3, 0.4) is 0 Å². The summed E-state index contributed by atoms with van der Waals surface area (Å²) in [5.41, 5.74) is -3.05. The van der Waals surface area contributed by atoms with Crippen LogP contribution >= 0.6 is 0 Å². The zero-order valence-electron chi connectivity index (χ0n) is 14.3. The molecule has 0 bridgehead atoms. The standard InChI is InChI=1S/C18H12F6N2O2/c1-2-28-8-9-7-26-14-10-4-3-5-25-15(10)12(16(27)18(22,23)24)6-11(14)13(9)17(19,20)21/h3-7H,2,8H2,1H3. The normalized spacial score (nSPS) is 12.7. The van der Waals surface area contributed by atoms with Crippen molar-refractivity contribution in [2.45, 2.75) is 25.9 Å². The highest BCUT2D eigenvalue weighted by atomic mass is 19.4. The summed E-state index contributed by atoms with van der Waals surface area (Å²) in [6, 6.07) is 3.17. The number of ketones is 1. The molecule has 0 aliphatic heterocycles. The lowest BCUT2D eigenvalue weighted by molar-refractivity contribution is -0.137. The molecule has 3 aromatic rings. The smallest absolute Gasteiger partial charge is 0.377 e. The van der Waals surface area contributed by atoms with Crippen LogP contribution < -0.4 is 0 Å². The SMILES string of the molecule is CCOCc1cnc2c(cc(C(=O)C(F)(F)F)c3ncccc32)c1C(F)(F)F. The first-order valence-corrected chi connectivity index (χ1v) is 8.01. The Morgan fingerprint density at radius 3 is 2.39 bits per heavy atom. The van der Waals surface area contributed by atoms with E-state index in [1.807, 2.05) is 0 Å². The first kappa shape index (κ1) is 20.0. The molecule has 148 valence electrons. The molecule has 0 amide bonds. The minimum atomic E-state index is -5.27. The summed E-state index contributed by atoms with van der Waals surface area (Å²) in [5, 5.41) is -0.695. The molecule has 0 unspecified atom stereocenters. The van der Waals surface area contributed by atoms with E-state index in [9.17, 15) is 31.1 Å². The third kappa shape index (κ3) is 3.51. The predicted molar refractivity (Wildman–Crippen MR) is 87.8 cm³/mol. The number of benzene rings is 1. The van der Waals surface area contributed by atoms with Gasteiger partial charge in [0, 0.05) is 35.3 Å². The maximum Gasteiger partial charge on any atom is 0.454 e. The molecule has 1 aromatic carbocycles. The second-order valence-electron chi connectivity index (χ2n) is 5.84. The molecule has 10 heteroatoms. The molecule has 0 saturated heterocycles. The number of pyridine rings is 2. The minimum Gasteiger partial charge on any atom is -0.377 e. The zero-order chi connectivity index (χ0) is 20.7. The number of aromatic nitrogens is 2. The van der Waals surface area contributed by atoms with Crippen LogP contribution in [-0.4, -0.2) is 28.5 Å². The monoisotopic (exact) mass is 402 g/mol. The molecule has 4 nitrogen and oxygen atoms in total. The molecule has 0 saturated carbocycles. The van der Waals surface area contributed by atoms with Crippen LogP contribution in [0.15, 0.2) is 30.6 Å². The zero-order valence-corrected chi connectivity index (χ0v) is 14.3. The number of nitrogens with zero attached hydrogens (tertiary/aromatic N) is 2. The highest BCUT2D eigenvalue weighted by Crippen LogP contribution is 2.40. The van der Waals surface area contributed by atoms with E-state index >= 15 is 0 Å². The Kier molecular flexibility index (Phi) is 5.00. The summed E-state index contributed by atoms with van der Waals surface area (Å²) in [7, 11) is 0. The lowest BCUT2D eigenvalue weighted by atomic mass is 9.96. The molecule has 0 aliphatic rings. The van der Waals surface area contributed by atoms with Crippen molar-refractivity contribution in [1.82, 2.24) is 9.97 Å². The summed E-state index contributed by atoms with van der Waals surface area (Å²) in [6.07, 6.45) is -8.05. The largest absolute Gasteiger partial charge is 0.454 e. The summed E-state index contributed by atoms with van der Waals surface area (Å²) in [6.45, 7) is 1.29. The Hall–Kier alpha value is -2.75. The van der Waals surface area contributed by atoms with E-state index in [2.05, 4.69) is 9.97 Å². The van der Waals surface area contributed by atoms with Crippen LogP contribution in [-0.2, 0) is 17.5 Å². The molecule has 2 aromatic heterocycles. The number of carbonyl (C=O) groups excluding carboxylic acids is 1. The van der Waals surface area contributed by atoms with Crippen LogP contribution in [0, 0.1) is 0 Å². The van der Waals surface area contributed by atoms with Crippen LogP contribution in [0.25, 0.3) is 21.8 Å². The topological polar surface area (TPSA) is 52.1 Å². The molecule has 0 spiro atoms. The highest BCUT2D eigenvalue weighted by Gasteiger charge is 2.42. The van der Waals surface area contributed by atoms with E-state index in [1.165, 1.54) is 12.1 Å². The molecule has 0 aliphatic carbocycles. The van der Waals surface area contributed by atoms with Gasteiger partial charge in [-0.1, -0.05) is 0 Å². The Morgan fingerprint density at radius 2 is 1.79 bits per heavy atom. The first-order valence-electron chi connectivity index (χ1n) is 8.01. The molecule has 28 heavy (non-hydrogen) atoms. The summed E-state index contributed by atoms with van der Waals surface area (Å²) < 4.78 is 85.3. The number of hydrogen-bond acceptors (Lipinski definition) is 4. The summed E-state index contributed by atoms with van der Waals surface area (Å²) in [4.78, 5) is 19.6. The second kappa shape index (κ2) is 7.01. The molecule has 0 fully saturated rings. The van der Waals surface area contributed by atoms with E-state index in [-0.39, 0.29) is 28.6 Å². The Balaban J connectivity index is 2.46. The van der Waals surface area contributed by atoms with E-state index in [0.717, 1.165) is 12.4 Å². The van der Waals surface area contributed by atoms with Gasteiger partial charge >= 0.3 is 12.4 Å². The summed E-state index contributed by atoms with van der Waals surface area (Å²) in [5.74, 6) is -2.28. The molecule has 0 atom stereocenters. The van der Waals surface area contributed by atoms with E-state index in [1.54, 1.807) is 6.92 Å². The van der Waals surface area contributed by atoms with Gasteiger partial charge in [0.25, 0.3) is 5.78 Å². The third-order valence-electron chi connectivity index (χ3n) is 4.05. The molecule has 0 N–H and O–H groups in total. The number of carbonyl (C=O) groups is 1. The number of Topliss-reactive ketones (excluding diaryl/α,β-unsaturated/α-hetero) is 1. The average Bonchev–Trinajstić information content (AvgIpc) is 2.62. The quantitative estimate of drug-likeness (QED) is 0.347. The lowest BCUT2D eigenvalue weighted by Crippen LogP contribution is -2.23. The number of alkyl halides is 6. The number of fused-ring (bicyclic) bond motifs is 3. The van der Waals surface area contributed by atoms with Crippen molar-refractivity contribution >= 4 is 27.6 Å². The van der Waals surface area contributed by atoms with E-state index in [4.69, 9.17) is 4.74 Å². The number of ether oxygens (including phenoxy) is 1. The maximum atomic E-state index is 13.8. The van der Waals surface area contributed by atoms with Gasteiger partial charge in [0.2, 0.25) is 0 Å². The fourth-order valence-corrected chi connectivity index (χ4v) is 2.93. The van der Waals surface area contributed by atoms with Gasteiger partial charge in [0.15, 0.2) is 0 Å². The van der Waals surface area contributed by atoms with Crippen molar-refractivity contribution in [3.05, 3.63) is 47.3 Å². The van der Waals surface area contributed by atoms with Gasteiger partial charge in [-0.3, -0.25) is 14.8 Å². The lowest BCUT2D eigenvalue weighted by Gasteiger charge is -2.17. The Bertz CT molecular complexity index is 1060. The summed E-state index contributed by atoms with van der Waals surface area (Å²) >= 11 is 0. The fourth-order valence-electron chi connectivity index (χ4n) is 2.93. The fraction of sp³-hybridized carbons (Fsp3) is 0.278. The highest BCUT2D eigenvalue weighted by molar-refractivity contribution is 6.17. The number of halogens is 6. The van der Waals surface area contributed by atoms with Gasteiger partial charge in [0.05, 0.1) is 28.8 Å². The molecule has 0 radical (unpaired) electrons. The second-order valence-corrected chi connectivity index (χ2v) is 5.84. The van der Waals surface area contributed by atoms with Gasteiger partial charge < -0.3 is 4.74 Å². The van der Waals surface area contributed by atoms with Crippen molar-refractivity contribution in [1.29, 1.82) is 0 Å². The average molecular weight is 402 g/mol. The van der Waals surface area contributed by atoms with Crippen LogP contribution in [0.1, 0.15) is 28.4 Å². The number of rotatable bonds is 4. The number of hydrogen-bond donors (Lipinski definition) is 0. The van der Waals surface area contributed by atoms with E-state index < -0.39 is 41.3 Å². The predicted octanol–water partition coefficient (Wildman–Crippen LogP) is 5.08. The molecule has 2 heterocycles. The van der Waals surface area contributed by atoms with Gasteiger partial charge in [-0.25, -0.2) is 0 Å². The van der Waals surface area contributed by atoms with Gasteiger partial charge in [-0.05, 0) is 25.1 Å². The van der Waals surface area contributed by atoms with Crippen molar-refractivity contribution < 1.29 is 35.9 Å². The van der Waals surface area contributed by atoms with Crippen molar-refractivity contribution in [3.63, 3.8) is 0 Å². The van der Waals surface area contributed by atoms with Crippen molar-refractivity contribution in [2.75, 3.05) is 6.61 Å². The van der Waals surface area contributed by atoms with Crippen molar-refractivity contribution in [3.8, 4) is 0 Å². The van der Waals surface area contributed by atoms with Gasteiger partial charge in [-0.2, -0.15) is 26.3 Å². The van der Waals surface area contributed by atoms with E-state index in [0.29, 0.717) is 6.07 Å². The third-order valence-corrected chi connectivity index (χ3v) is 4.05. The molecule has 3 rings (SSSR count). The Morgan fingerprint density at radius 1 is 1.07 bits per heavy atom. The minimum absolute atomic E-state index is 0.0824. The van der Waals surface area contributed by atoms with Crippen LogP contribution in [0.5, 0.6) is 0 Å².